The molecular formula is C19H22BrN5. The maximum absolute atomic E-state index is 4.51. The molecule has 1 aliphatic rings. The van der Waals surface area contributed by atoms with Crippen LogP contribution < -0.4 is 4.90 Å². The first-order chi connectivity index (χ1) is 12.1. The van der Waals surface area contributed by atoms with Crippen LogP contribution in [0, 0.1) is 0 Å². The molecule has 0 saturated carbocycles. The molecule has 3 aromatic rings. The summed E-state index contributed by atoms with van der Waals surface area (Å²) >= 11 is 3.59. The van der Waals surface area contributed by atoms with Crippen LogP contribution >= 0.6 is 15.9 Å². The number of pyridine rings is 1. The Morgan fingerprint density at radius 2 is 2.12 bits per heavy atom. The van der Waals surface area contributed by atoms with E-state index in [2.05, 4.69) is 72.6 Å². The molecule has 1 atom stereocenters. The number of halogens is 1. The summed E-state index contributed by atoms with van der Waals surface area (Å²) in [6.07, 6.45) is 6.09. The minimum Gasteiger partial charge on any atom is -0.370 e. The summed E-state index contributed by atoms with van der Waals surface area (Å²) in [5.41, 5.74) is 2.29. The second-order valence-corrected chi connectivity index (χ2v) is 7.88. The lowest BCUT2D eigenvalue weighted by Gasteiger charge is -2.35. The van der Waals surface area contributed by atoms with Gasteiger partial charge in [0, 0.05) is 46.8 Å². The molecule has 0 aliphatic carbocycles. The minimum absolute atomic E-state index is 0.387. The molecule has 0 N–H and O–H groups in total. The highest BCUT2D eigenvalue weighted by Crippen LogP contribution is 2.34. The van der Waals surface area contributed by atoms with E-state index in [0.29, 0.717) is 12.0 Å². The number of hydrogen-bond donors (Lipinski definition) is 0. The molecule has 1 aliphatic heterocycles. The van der Waals surface area contributed by atoms with Gasteiger partial charge in [0.2, 0.25) is 0 Å². The largest absolute Gasteiger partial charge is 0.370 e. The predicted molar refractivity (Wildman–Crippen MR) is 104 cm³/mol. The van der Waals surface area contributed by atoms with Gasteiger partial charge in [0.05, 0.1) is 5.52 Å². The van der Waals surface area contributed by atoms with Gasteiger partial charge in [0.25, 0.3) is 0 Å². The highest BCUT2D eigenvalue weighted by Gasteiger charge is 2.27. The van der Waals surface area contributed by atoms with Crippen molar-refractivity contribution >= 4 is 32.5 Å². The molecule has 5 nitrogen and oxygen atoms in total. The van der Waals surface area contributed by atoms with Gasteiger partial charge in [0.1, 0.15) is 12.2 Å². The van der Waals surface area contributed by atoms with Crippen molar-refractivity contribution in [1.82, 2.24) is 19.7 Å². The van der Waals surface area contributed by atoms with Crippen LogP contribution in [0.25, 0.3) is 10.9 Å². The molecular weight excluding hydrogens is 378 g/mol. The van der Waals surface area contributed by atoms with E-state index in [4.69, 9.17) is 0 Å². The fourth-order valence-electron chi connectivity index (χ4n) is 3.73. The summed E-state index contributed by atoms with van der Waals surface area (Å²) in [5.74, 6) is 1.52. The number of benzene rings is 1. The number of nitrogens with zero attached hydrogens (tertiary/aromatic N) is 5. The van der Waals surface area contributed by atoms with Crippen LogP contribution in [0.2, 0.25) is 0 Å². The molecule has 0 bridgehead atoms. The van der Waals surface area contributed by atoms with Gasteiger partial charge in [-0.3, -0.25) is 4.98 Å². The summed E-state index contributed by atoms with van der Waals surface area (Å²) in [5, 5.41) is 9.79. The topological polar surface area (TPSA) is 46.8 Å². The lowest BCUT2D eigenvalue weighted by Crippen LogP contribution is -2.35. The lowest BCUT2D eigenvalue weighted by molar-refractivity contribution is 0.455. The molecule has 4 rings (SSSR count). The maximum atomic E-state index is 4.51. The summed E-state index contributed by atoms with van der Waals surface area (Å²) in [6.45, 7) is 6.40. The third-order valence-electron chi connectivity index (χ3n) is 4.96. The molecule has 1 fully saturated rings. The standard InChI is InChI=1S/C19H22BrN5/c1-13(2)25-12-22-23-19(25)14-4-3-9-24(11-14)18-7-8-21-17-6-5-15(20)10-16(17)18/h5-8,10,12-14H,3-4,9,11H2,1-2H3. The molecule has 0 spiro atoms. The first kappa shape index (κ1) is 16.5. The van der Waals surface area contributed by atoms with E-state index in [0.717, 1.165) is 41.7 Å². The van der Waals surface area contributed by atoms with Crippen molar-refractivity contribution in [1.29, 1.82) is 0 Å². The quantitative estimate of drug-likeness (QED) is 0.647. The summed E-state index contributed by atoms with van der Waals surface area (Å²) in [4.78, 5) is 6.99. The van der Waals surface area contributed by atoms with Gasteiger partial charge in [-0.1, -0.05) is 15.9 Å². The second kappa shape index (κ2) is 6.75. The number of piperidine rings is 1. The van der Waals surface area contributed by atoms with Crippen LogP contribution in [-0.4, -0.2) is 32.8 Å². The van der Waals surface area contributed by atoms with E-state index >= 15 is 0 Å². The molecule has 0 radical (unpaired) electrons. The average molecular weight is 400 g/mol. The van der Waals surface area contributed by atoms with Crippen molar-refractivity contribution in [3.8, 4) is 0 Å². The molecule has 130 valence electrons. The van der Waals surface area contributed by atoms with Gasteiger partial charge in [-0.25, -0.2) is 0 Å². The molecule has 3 heterocycles. The third-order valence-corrected chi connectivity index (χ3v) is 5.46. The first-order valence-corrected chi connectivity index (χ1v) is 9.61. The highest BCUT2D eigenvalue weighted by atomic mass is 79.9. The Labute approximate surface area is 156 Å². The monoisotopic (exact) mass is 399 g/mol. The Balaban J connectivity index is 1.68. The zero-order chi connectivity index (χ0) is 17.4. The average Bonchev–Trinajstić information content (AvgIpc) is 3.11. The van der Waals surface area contributed by atoms with E-state index in [1.165, 1.54) is 11.1 Å². The van der Waals surface area contributed by atoms with Crippen LogP contribution in [0.15, 0.2) is 41.3 Å². The van der Waals surface area contributed by atoms with Gasteiger partial charge in [0.15, 0.2) is 0 Å². The lowest BCUT2D eigenvalue weighted by atomic mass is 9.96. The Hall–Kier alpha value is -1.95. The van der Waals surface area contributed by atoms with Crippen LogP contribution in [-0.2, 0) is 0 Å². The zero-order valence-electron chi connectivity index (χ0n) is 14.6. The SMILES string of the molecule is CC(C)n1cnnc1C1CCCN(c2ccnc3ccc(Br)cc23)C1. The zero-order valence-corrected chi connectivity index (χ0v) is 16.1. The first-order valence-electron chi connectivity index (χ1n) is 8.82. The number of anilines is 1. The highest BCUT2D eigenvalue weighted by molar-refractivity contribution is 9.10. The predicted octanol–water partition coefficient (Wildman–Crippen LogP) is 4.55. The van der Waals surface area contributed by atoms with Gasteiger partial charge >= 0.3 is 0 Å². The Morgan fingerprint density at radius 1 is 1.24 bits per heavy atom. The van der Waals surface area contributed by atoms with Crippen molar-refractivity contribution < 1.29 is 0 Å². The van der Waals surface area contributed by atoms with Crippen molar-refractivity contribution in [3.05, 3.63) is 47.1 Å². The third kappa shape index (κ3) is 3.15. The smallest absolute Gasteiger partial charge is 0.137 e. The molecule has 6 heteroatoms. The molecule has 1 saturated heterocycles. The minimum atomic E-state index is 0.387. The van der Waals surface area contributed by atoms with Gasteiger partial charge in [-0.15, -0.1) is 10.2 Å². The van der Waals surface area contributed by atoms with E-state index in [1.54, 1.807) is 0 Å². The fraction of sp³-hybridized carbons (Fsp3) is 0.421. The van der Waals surface area contributed by atoms with E-state index in [1.807, 2.05) is 18.6 Å². The fourth-order valence-corrected chi connectivity index (χ4v) is 4.09. The van der Waals surface area contributed by atoms with Crippen LogP contribution in [0.4, 0.5) is 5.69 Å². The van der Waals surface area contributed by atoms with Crippen LogP contribution in [0.5, 0.6) is 0 Å². The van der Waals surface area contributed by atoms with Gasteiger partial charge < -0.3 is 9.47 Å². The molecule has 1 aromatic carbocycles. The van der Waals surface area contributed by atoms with Crippen molar-refractivity contribution in [3.63, 3.8) is 0 Å². The number of rotatable bonds is 3. The van der Waals surface area contributed by atoms with Gasteiger partial charge in [-0.05, 0) is 51.0 Å². The van der Waals surface area contributed by atoms with Crippen molar-refractivity contribution in [2.45, 2.75) is 38.6 Å². The number of fused-ring (bicyclic) bond motifs is 1. The number of aromatic nitrogens is 4. The van der Waals surface area contributed by atoms with Crippen molar-refractivity contribution in [2.24, 2.45) is 0 Å². The van der Waals surface area contributed by atoms with E-state index in [-0.39, 0.29) is 0 Å². The van der Waals surface area contributed by atoms with E-state index in [9.17, 15) is 0 Å². The Kier molecular flexibility index (Phi) is 4.46. The van der Waals surface area contributed by atoms with E-state index < -0.39 is 0 Å². The molecule has 1 unspecified atom stereocenters. The Bertz CT molecular complexity index is 888. The van der Waals surface area contributed by atoms with Crippen LogP contribution in [0.1, 0.15) is 44.5 Å². The second-order valence-electron chi connectivity index (χ2n) is 6.97. The summed E-state index contributed by atoms with van der Waals surface area (Å²) in [6, 6.07) is 8.80. The molecule has 25 heavy (non-hydrogen) atoms. The summed E-state index contributed by atoms with van der Waals surface area (Å²) < 4.78 is 3.29. The number of hydrogen-bond acceptors (Lipinski definition) is 4. The Morgan fingerprint density at radius 3 is 2.96 bits per heavy atom. The van der Waals surface area contributed by atoms with Crippen molar-refractivity contribution in [2.75, 3.05) is 18.0 Å². The summed E-state index contributed by atoms with van der Waals surface area (Å²) in [7, 11) is 0. The maximum Gasteiger partial charge on any atom is 0.137 e. The van der Waals surface area contributed by atoms with Crippen LogP contribution in [0.3, 0.4) is 0 Å². The van der Waals surface area contributed by atoms with Gasteiger partial charge in [-0.2, -0.15) is 0 Å². The normalized spacial score (nSPS) is 18.2. The molecule has 0 amide bonds. The molecule has 2 aromatic heterocycles.